The quantitative estimate of drug-likeness (QED) is 0.861. The number of nitrogens with zero attached hydrogens (tertiary/aromatic N) is 3. The predicted octanol–water partition coefficient (Wildman–Crippen LogP) is 2.52. The molecule has 1 N–H and O–H groups in total. The molecule has 0 saturated heterocycles. The van der Waals surface area contributed by atoms with Crippen LogP contribution in [0, 0.1) is 24.2 Å². The Bertz CT molecular complexity index is 458. The molecule has 1 aliphatic rings. The molecule has 1 atom stereocenters. The zero-order chi connectivity index (χ0) is 13.2. The van der Waals surface area contributed by atoms with Crippen molar-refractivity contribution in [2.24, 2.45) is 5.92 Å². The maximum absolute atomic E-state index is 9.59. The first kappa shape index (κ1) is 13.4. The van der Waals surface area contributed by atoms with Gasteiger partial charge in [0, 0.05) is 0 Å². The summed E-state index contributed by atoms with van der Waals surface area (Å²) in [7, 11) is 0. The summed E-state index contributed by atoms with van der Waals surface area (Å²) in [5.41, 5.74) is 0.436. The van der Waals surface area contributed by atoms with Crippen molar-refractivity contribution in [2.75, 3.05) is 6.54 Å². The van der Waals surface area contributed by atoms with Crippen LogP contribution in [0.15, 0.2) is 6.20 Å². The molecule has 0 radical (unpaired) electrons. The van der Waals surface area contributed by atoms with Crippen molar-refractivity contribution >= 4 is 11.6 Å². The lowest BCUT2D eigenvalue weighted by molar-refractivity contribution is 0.303. The van der Waals surface area contributed by atoms with Gasteiger partial charge in [-0.2, -0.15) is 10.4 Å². The summed E-state index contributed by atoms with van der Waals surface area (Å²) >= 11 is 6.01. The number of hydrogen-bond donors (Lipinski definition) is 1. The summed E-state index contributed by atoms with van der Waals surface area (Å²) in [4.78, 5) is 0. The lowest BCUT2D eigenvalue weighted by Crippen LogP contribution is -2.50. The van der Waals surface area contributed by atoms with Crippen molar-refractivity contribution in [3.63, 3.8) is 0 Å². The first-order valence-corrected chi connectivity index (χ1v) is 6.85. The first-order valence-electron chi connectivity index (χ1n) is 6.47. The van der Waals surface area contributed by atoms with Gasteiger partial charge in [0.15, 0.2) is 0 Å². The molecule has 1 fully saturated rings. The van der Waals surface area contributed by atoms with Gasteiger partial charge in [-0.3, -0.25) is 10.00 Å². The maximum Gasteiger partial charge on any atom is 0.129 e. The Morgan fingerprint density at radius 1 is 1.67 bits per heavy atom. The van der Waals surface area contributed by atoms with Crippen LogP contribution in [-0.2, 0) is 6.54 Å². The molecule has 2 rings (SSSR count). The van der Waals surface area contributed by atoms with Gasteiger partial charge < -0.3 is 0 Å². The molecule has 1 heterocycles. The van der Waals surface area contributed by atoms with E-state index in [1.54, 1.807) is 6.20 Å². The Kier molecular flexibility index (Phi) is 3.94. The van der Waals surface area contributed by atoms with Gasteiger partial charge in [0.25, 0.3) is 0 Å². The van der Waals surface area contributed by atoms with Crippen LogP contribution in [0.1, 0.15) is 31.9 Å². The zero-order valence-corrected chi connectivity index (χ0v) is 11.7. The molecule has 1 aromatic rings. The standard InChI is InChI=1S/C13H19ClN4/c1-3-6-16-13(8-15,11-4-5-11)9-18-10(2)12(14)7-17-18/h7,11,16H,3-6,9H2,1-2H3. The zero-order valence-electron chi connectivity index (χ0n) is 10.9. The van der Waals surface area contributed by atoms with Crippen molar-refractivity contribution in [3.05, 3.63) is 16.9 Å². The molecule has 0 aliphatic heterocycles. The van der Waals surface area contributed by atoms with E-state index in [2.05, 4.69) is 23.4 Å². The van der Waals surface area contributed by atoms with Gasteiger partial charge in [0.05, 0.1) is 29.5 Å². The molecule has 0 spiro atoms. The van der Waals surface area contributed by atoms with Crippen molar-refractivity contribution in [2.45, 2.75) is 45.2 Å². The molecule has 98 valence electrons. The molecule has 1 saturated carbocycles. The Labute approximate surface area is 113 Å². The van der Waals surface area contributed by atoms with Gasteiger partial charge in [-0.05, 0) is 38.6 Å². The third kappa shape index (κ3) is 2.52. The molecule has 5 heteroatoms. The van der Waals surface area contributed by atoms with Gasteiger partial charge >= 0.3 is 0 Å². The summed E-state index contributed by atoms with van der Waals surface area (Å²) in [6.45, 7) is 5.48. The lowest BCUT2D eigenvalue weighted by atomic mass is 9.94. The Balaban J connectivity index is 2.19. The second kappa shape index (κ2) is 5.29. The van der Waals surface area contributed by atoms with E-state index in [1.807, 2.05) is 11.6 Å². The van der Waals surface area contributed by atoms with Crippen molar-refractivity contribution < 1.29 is 0 Å². The molecule has 1 aliphatic carbocycles. The summed E-state index contributed by atoms with van der Waals surface area (Å²) in [5.74, 6) is 0.441. The molecule has 1 unspecified atom stereocenters. The van der Waals surface area contributed by atoms with Crippen LogP contribution in [-0.4, -0.2) is 21.9 Å². The van der Waals surface area contributed by atoms with Crippen LogP contribution in [0.4, 0.5) is 0 Å². The van der Waals surface area contributed by atoms with Gasteiger partial charge in [0.2, 0.25) is 0 Å². The summed E-state index contributed by atoms with van der Waals surface area (Å²) in [5, 5.41) is 17.9. The minimum absolute atomic E-state index is 0.441. The number of aromatic nitrogens is 2. The van der Waals surface area contributed by atoms with Crippen LogP contribution >= 0.6 is 11.6 Å². The lowest BCUT2D eigenvalue weighted by Gasteiger charge is -2.28. The topological polar surface area (TPSA) is 53.6 Å². The highest BCUT2D eigenvalue weighted by atomic mass is 35.5. The number of hydrogen-bond acceptors (Lipinski definition) is 3. The second-order valence-corrected chi connectivity index (χ2v) is 5.43. The average Bonchev–Trinajstić information content (AvgIpc) is 3.18. The number of halogens is 1. The van der Waals surface area contributed by atoms with Gasteiger partial charge in [0.1, 0.15) is 5.54 Å². The van der Waals surface area contributed by atoms with Crippen LogP contribution in [0.5, 0.6) is 0 Å². The normalized spacial score (nSPS) is 18.3. The Morgan fingerprint density at radius 3 is 2.83 bits per heavy atom. The van der Waals surface area contributed by atoms with Crippen molar-refractivity contribution in [1.82, 2.24) is 15.1 Å². The summed E-state index contributed by atoms with van der Waals surface area (Å²) < 4.78 is 1.84. The molecule has 18 heavy (non-hydrogen) atoms. The average molecular weight is 267 g/mol. The SMILES string of the molecule is CCCNC(C#N)(Cn1ncc(Cl)c1C)C1CC1. The largest absolute Gasteiger partial charge is 0.298 e. The highest BCUT2D eigenvalue weighted by Gasteiger charge is 2.46. The molecule has 4 nitrogen and oxygen atoms in total. The number of nitriles is 1. The van der Waals surface area contributed by atoms with E-state index in [4.69, 9.17) is 11.6 Å². The summed E-state index contributed by atoms with van der Waals surface area (Å²) in [6.07, 6.45) is 4.91. The predicted molar refractivity (Wildman–Crippen MR) is 71.3 cm³/mol. The van der Waals surface area contributed by atoms with Crippen LogP contribution in [0.3, 0.4) is 0 Å². The summed E-state index contributed by atoms with van der Waals surface area (Å²) in [6, 6.07) is 2.48. The van der Waals surface area contributed by atoms with Crippen molar-refractivity contribution in [3.8, 4) is 6.07 Å². The fraction of sp³-hybridized carbons (Fsp3) is 0.692. The second-order valence-electron chi connectivity index (χ2n) is 5.02. The van der Waals surface area contributed by atoms with E-state index in [0.29, 0.717) is 17.5 Å². The van der Waals surface area contributed by atoms with E-state index in [0.717, 1.165) is 31.5 Å². The molecule has 0 aromatic carbocycles. The number of rotatable bonds is 6. The van der Waals surface area contributed by atoms with E-state index in [9.17, 15) is 5.26 Å². The van der Waals surface area contributed by atoms with E-state index < -0.39 is 5.54 Å². The third-order valence-corrected chi connectivity index (χ3v) is 3.98. The molecule has 1 aromatic heterocycles. The highest BCUT2D eigenvalue weighted by molar-refractivity contribution is 6.31. The maximum atomic E-state index is 9.59. The van der Waals surface area contributed by atoms with Gasteiger partial charge in [-0.1, -0.05) is 18.5 Å². The number of nitrogens with one attached hydrogen (secondary N) is 1. The molecule has 0 bridgehead atoms. The first-order chi connectivity index (χ1) is 8.63. The van der Waals surface area contributed by atoms with Crippen molar-refractivity contribution in [1.29, 1.82) is 5.26 Å². The molecular weight excluding hydrogens is 248 g/mol. The third-order valence-electron chi connectivity index (χ3n) is 3.61. The molecule has 0 amide bonds. The highest BCUT2D eigenvalue weighted by Crippen LogP contribution is 2.40. The Morgan fingerprint density at radius 2 is 2.39 bits per heavy atom. The van der Waals surface area contributed by atoms with Crippen LogP contribution in [0.2, 0.25) is 5.02 Å². The minimum atomic E-state index is -0.490. The Hall–Kier alpha value is -1.05. The monoisotopic (exact) mass is 266 g/mol. The van der Waals surface area contributed by atoms with E-state index in [-0.39, 0.29) is 0 Å². The van der Waals surface area contributed by atoms with E-state index in [1.165, 1.54) is 0 Å². The molecular formula is C13H19ClN4. The van der Waals surface area contributed by atoms with Crippen LogP contribution in [0.25, 0.3) is 0 Å². The minimum Gasteiger partial charge on any atom is -0.298 e. The van der Waals surface area contributed by atoms with Gasteiger partial charge in [-0.25, -0.2) is 0 Å². The van der Waals surface area contributed by atoms with E-state index >= 15 is 0 Å². The smallest absolute Gasteiger partial charge is 0.129 e. The fourth-order valence-electron chi connectivity index (χ4n) is 2.24. The van der Waals surface area contributed by atoms with Crippen LogP contribution < -0.4 is 5.32 Å². The van der Waals surface area contributed by atoms with Gasteiger partial charge in [-0.15, -0.1) is 0 Å². The fourth-order valence-corrected chi connectivity index (χ4v) is 2.38.